The van der Waals surface area contributed by atoms with Crippen LogP contribution in [0, 0.1) is 13.8 Å². The topological polar surface area (TPSA) is 62.1 Å². The number of hydrogen-bond donors (Lipinski definition) is 1. The van der Waals surface area contributed by atoms with Crippen molar-refractivity contribution >= 4 is 22.4 Å². The minimum atomic E-state index is 0.532. The molecule has 2 aliphatic rings. The highest BCUT2D eigenvalue weighted by atomic mass is 15.3. The fourth-order valence-electron chi connectivity index (χ4n) is 4.93. The number of nitrogens with zero attached hydrogens (tertiary/aromatic N) is 6. The molecule has 3 aromatic heterocycles. The monoisotopic (exact) mass is 405 g/mol. The molecule has 2 fully saturated rings. The van der Waals surface area contributed by atoms with Crippen LogP contribution >= 0.6 is 0 Å². The number of aryl methyl sites for hydroxylation is 3. The van der Waals surface area contributed by atoms with Crippen molar-refractivity contribution in [1.29, 1.82) is 0 Å². The molecule has 5 rings (SSSR count). The molecule has 0 unspecified atom stereocenters. The van der Waals surface area contributed by atoms with Crippen LogP contribution in [0.4, 0.5) is 11.4 Å². The predicted octanol–water partition coefficient (Wildman–Crippen LogP) is 2.77. The first-order chi connectivity index (χ1) is 14.6. The molecule has 0 bridgehead atoms. The number of anilines is 2. The van der Waals surface area contributed by atoms with Crippen molar-refractivity contribution < 1.29 is 0 Å². The second-order valence-corrected chi connectivity index (χ2v) is 8.68. The van der Waals surface area contributed by atoms with Crippen molar-refractivity contribution in [3.63, 3.8) is 0 Å². The molecule has 0 saturated carbocycles. The Balaban J connectivity index is 1.31. The summed E-state index contributed by atoms with van der Waals surface area (Å²) in [5, 5.41) is 8.99. The third kappa shape index (κ3) is 3.51. The normalized spacial score (nSPS) is 18.4. The van der Waals surface area contributed by atoms with Crippen LogP contribution in [0.2, 0.25) is 0 Å². The van der Waals surface area contributed by atoms with Crippen LogP contribution in [0.15, 0.2) is 24.5 Å². The average molecular weight is 406 g/mol. The van der Waals surface area contributed by atoms with Gasteiger partial charge in [0.2, 0.25) is 0 Å². The summed E-state index contributed by atoms with van der Waals surface area (Å²) < 4.78 is 1.87. The lowest BCUT2D eigenvalue weighted by Gasteiger charge is -2.34. The zero-order chi connectivity index (χ0) is 20.7. The van der Waals surface area contributed by atoms with Gasteiger partial charge >= 0.3 is 0 Å². The van der Waals surface area contributed by atoms with Crippen molar-refractivity contribution in [2.45, 2.75) is 32.6 Å². The quantitative estimate of drug-likeness (QED) is 0.723. The minimum absolute atomic E-state index is 0.532. The fraction of sp³-hybridized carbons (Fsp3) is 0.522. The molecule has 5 heterocycles. The van der Waals surface area contributed by atoms with E-state index >= 15 is 0 Å². The highest BCUT2D eigenvalue weighted by Crippen LogP contribution is 2.34. The number of fused-ring (bicyclic) bond motifs is 1. The molecule has 30 heavy (non-hydrogen) atoms. The van der Waals surface area contributed by atoms with E-state index < -0.39 is 0 Å². The Hall–Kier alpha value is -2.67. The van der Waals surface area contributed by atoms with Crippen molar-refractivity contribution in [2.75, 3.05) is 49.1 Å². The Morgan fingerprint density at radius 3 is 2.40 bits per heavy atom. The summed E-state index contributed by atoms with van der Waals surface area (Å²) in [6, 6.07) is 4.53. The van der Waals surface area contributed by atoms with Gasteiger partial charge in [0.1, 0.15) is 0 Å². The second-order valence-electron chi connectivity index (χ2n) is 8.68. The number of rotatable bonds is 3. The van der Waals surface area contributed by atoms with E-state index in [1.54, 1.807) is 0 Å². The summed E-state index contributed by atoms with van der Waals surface area (Å²) in [5.74, 6) is 0.532. The lowest BCUT2D eigenvalue weighted by molar-refractivity contribution is 0.496. The van der Waals surface area contributed by atoms with Gasteiger partial charge in [-0.05, 0) is 44.4 Å². The van der Waals surface area contributed by atoms with E-state index in [0.29, 0.717) is 5.92 Å². The fourth-order valence-corrected chi connectivity index (χ4v) is 4.93. The van der Waals surface area contributed by atoms with Crippen molar-refractivity contribution in [3.8, 4) is 0 Å². The van der Waals surface area contributed by atoms with Gasteiger partial charge in [0.15, 0.2) is 5.65 Å². The van der Waals surface area contributed by atoms with Gasteiger partial charge in [-0.3, -0.25) is 9.67 Å². The van der Waals surface area contributed by atoms with Crippen LogP contribution < -0.4 is 15.1 Å². The summed E-state index contributed by atoms with van der Waals surface area (Å²) in [5.41, 5.74) is 7.18. The van der Waals surface area contributed by atoms with Gasteiger partial charge in [0.05, 0.1) is 29.2 Å². The van der Waals surface area contributed by atoms with Crippen LogP contribution in [0.25, 0.3) is 11.0 Å². The highest BCUT2D eigenvalue weighted by Gasteiger charge is 2.25. The van der Waals surface area contributed by atoms with E-state index in [-0.39, 0.29) is 0 Å². The Morgan fingerprint density at radius 2 is 1.67 bits per heavy atom. The smallest absolute Gasteiger partial charge is 0.159 e. The second kappa shape index (κ2) is 7.87. The number of piperazine rings is 1. The maximum absolute atomic E-state index is 4.90. The van der Waals surface area contributed by atoms with E-state index in [9.17, 15) is 0 Å². The van der Waals surface area contributed by atoms with Crippen LogP contribution in [-0.4, -0.2) is 59.0 Å². The average Bonchev–Trinajstić information content (AvgIpc) is 3.14. The van der Waals surface area contributed by atoms with Crippen molar-refractivity contribution in [1.82, 2.24) is 25.1 Å². The van der Waals surface area contributed by atoms with E-state index in [1.807, 2.05) is 17.9 Å². The van der Waals surface area contributed by atoms with Gasteiger partial charge in [-0.15, -0.1) is 0 Å². The zero-order valence-corrected chi connectivity index (χ0v) is 18.2. The molecule has 0 aliphatic carbocycles. The number of aromatic nitrogens is 4. The maximum atomic E-state index is 4.90. The highest BCUT2D eigenvalue weighted by molar-refractivity contribution is 5.89. The molecule has 0 amide bonds. The van der Waals surface area contributed by atoms with Gasteiger partial charge in [-0.2, -0.15) is 5.10 Å². The van der Waals surface area contributed by atoms with Crippen molar-refractivity contribution in [3.05, 3.63) is 41.5 Å². The van der Waals surface area contributed by atoms with Gasteiger partial charge in [-0.25, -0.2) is 4.98 Å². The number of nitrogens with one attached hydrogen (secondary N) is 1. The van der Waals surface area contributed by atoms with E-state index in [0.717, 1.165) is 68.8 Å². The Labute approximate surface area is 178 Å². The third-order valence-corrected chi connectivity index (χ3v) is 6.63. The Kier molecular flexibility index (Phi) is 5.06. The molecule has 0 radical (unpaired) electrons. The first-order valence-corrected chi connectivity index (χ1v) is 11.1. The third-order valence-electron chi connectivity index (χ3n) is 6.63. The zero-order valence-electron chi connectivity index (χ0n) is 18.2. The van der Waals surface area contributed by atoms with E-state index in [1.165, 1.54) is 22.6 Å². The van der Waals surface area contributed by atoms with Crippen LogP contribution in [0.5, 0.6) is 0 Å². The molecule has 158 valence electrons. The van der Waals surface area contributed by atoms with Crippen LogP contribution in [-0.2, 0) is 7.05 Å². The van der Waals surface area contributed by atoms with Crippen LogP contribution in [0.1, 0.15) is 35.7 Å². The van der Waals surface area contributed by atoms with Gasteiger partial charge < -0.3 is 15.1 Å². The lowest BCUT2D eigenvalue weighted by atomic mass is 9.91. The van der Waals surface area contributed by atoms with Crippen molar-refractivity contribution in [2.24, 2.45) is 7.05 Å². The SMILES string of the molecule is Cc1cc(N2CCC(c3cc(C)c(N4CCNCC4)cn3)CC2)c2cnn(C)c2n1. The summed E-state index contributed by atoms with van der Waals surface area (Å²) in [6.07, 6.45) is 6.31. The van der Waals surface area contributed by atoms with E-state index in [4.69, 9.17) is 4.98 Å². The molecule has 7 heteroatoms. The molecule has 0 atom stereocenters. The number of pyridine rings is 2. The van der Waals surface area contributed by atoms with Crippen LogP contribution in [0.3, 0.4) is 0 Å². The molecular formula is C23H31N7. The van der Waals surface area contributed by atoms with Gasteiger partial charge in [0.25, 0.3) is 0 Å². The summed E-state index contributed by atoms with van der Waals surface area (Å²) in [4.78, 5) is 14.5. The van der Waals surface area contributed by atoms with Gasteiger partial charge in [-0.1, -0.05) is 0 Å². The molecular weight excluding hydrogens is 374 g/mol. The molecule has 3 aromatic rings. The van der Waals surface area contributed by atoms with E-state index in [2.05, 4.69) is 57.4 Å². The molecule has 0 spiro atoms. The summed E-state index contributed by atoms with van der Waals surface area (Å²) in [6.45, 7) is 10.6. The predicted molar refractivity (Wildman–Crippen MR) is 121 cm³/mol. The Bertz CT molecular complexity index is 1040. The molecule has 2 saturated heterocycles. The molecule has 1 N–H and O–H groups in total. The minimum Gasteiger partial charge on any atom is -0.371 e. The summed E-state index contributed by atoms with van der Waals surface area (Å²) in [7, 11) is 1.96. The lowest BCUT2D eigenvalue weighted by Crippen LogP contribution is -2.43. The summed E-state index contributed by atoms with van der Waals surface area (Å²) >= 11 is 0. The first kappa shape index (κ1) is 19.3. The molecule has 2 aliphatic heterocycles. The first-order valence-electron chi connectivity index (χ1n) is 11.1. The largest absolute Gasteiger partial charge is 0.371 e. The Morgan fingerprint density at radius 1 is 0.933 bits per heavy atom. The number of piperidine rings is 1. The van der Waals surface area contributed by atoms with Gasteiger partial charge in [0, 0.05) is 63.6 Å². The number of hydrogen-bond acceptors (Lipinski definition) is 6. The molecule has 7 nitrogen and oxygen atoms in total. The maximum Gasteiger partial charge on any atom is 0.159 e. The molecule has 0 aromatic carbocycles. The standard InChI is InChI=1S/C23H31N7/c1-16-12-20(25-15-22(16)30-10-6-24-7-11-30)18-4-8-29(9-5-18)21-13-17(2)27-23-19(21)14-26-28(23)3/h12-15,18,24H,4-11H2,1-3H3.